The van der Waals surface area contributed by atoms with E-state index in [0.717, 1.165) is 4.47 Å². The molecule has 0 spiro atoms. The van der Waals surface area contributed by atoms with Crippen molar-refractivity contribution in [2.45, 2.75) is 26.3 Å². The predicted octanol–water partition coefficient (Wildman–Crippen LogP) is 2.08. The van der Waals surface area contributed by atoms with Gasteiger partial charge in [0.1, 0.15) is 6.04 Å². The van der Waals surface area contributed by atoms with Gasteiger partial charge in [-0.25, -0.2) is 0 Å². The van der Waals surface area contributed by atoms with E-state index >= 15 is 0 Å². The predicted molar refractivity (Wildman–Crippen MR) is 81.3 cm³/mol. The average molecular weight is 342 g/mol. The summed E-state index contributed by atoms with van der Waals surface area (Å²) in [6.45, 7) is 4.03. The van der Waals surface area contributed by atoms with E-state index in [4.69, 9.17) is 0 Å². The Morgan fingerprint density at radius 2 is 2.00 bits per heavy atom. The van der Waals surface area contributed by atoms with Gasteiger partial charge < -0.3 is 10.2 Å². The molecule has 1 rings (SSSR count). The molecule has 1 N–H and O–H groups in total. The van der Waals surface area contributed by atoms with Crippen LogP contribution in [-0.2, 0) is 4.79 Å². The Hall–Kier alpha value is -1.43. The second kappa shape index (κ2) is 7.38. The van der Waals surface area contributed by atoms with Crippen LogP contribution in [0, 0.1) is 5.92 Å². The molecule has 0 aromatic carbocycles. The van der Waals surface area contributed by atoms with E-state index in [1.54, 1.807) is 26.4 Å². The molecule has 0 aliphatic rings. The third-order valence-corrected chi connectivity index (χ3v) is 3.15. The van der Waals surface area contributed by atoms with Crippen molar-refractivity contribution >= 4 is 27.7 Å². The van der Waals surface area contributed by atoms with E-state index in [1.807, 2.05) is 13.8 Å². The molecule has 1 aromatic rings. The first-order valence-electron chi connectivity index (χ1n) is 6.43. The van der Waals surface area contributed by atoms with E-state index in [9.17, 15) is 9.59 Å². The molecule has 0 saturated heterocycles. The number of nitrogens with one attached hydrogen (secondary N) is 1. The van der Waals surface area contributed by atoms with Crippen LogP contribution in [0.2, 0.25) is 0 Å². The number of hydrogen-bond acceptors (Lipinski definition) is 3. The van der Waals surface area contributed by atoms with Gasteiger partial charge in [0.15, 0.2) is 0 Å². The van der Waals surface area contributed by atoms with E-state index in [2.05, 4.69) is 26.2 Å². The standard InChI is InChI=1S/C14H20BrN3O2/c1-9(2)5-12(14(20)18(3)4)17-13(19)10-6-11(15)8-16-7-10/h6-9,12H,5H2,1-4H3,(H,17,19). The zero-order valence-corrected chi connectivity index (χ0v) is 13.8. The number of rotatable bonds is 5. The van der Waals surface area contributed by atoms with Crippen molar-refractivity contribution in [3.8, 4) is 0 Å². The summed E-state index contributed by atoms with van der Waals surface area (Å²) < 4.78 is 0.726. The van der Waals surface area contributed by atoms with Gasteiger partial charge in [-0.05, 0) is 34.3 Å². The summed E-state index contributed by atoms with van der Waals surface area (Å²) in [4.78, 5) is 29.7. The molecule has 2 amide bonds. The number of hydrogen-bond donors (Lipinski definition) is 1. The van der Waals surface area contributed by atoms with Crippen molar-refractivity contribution in [2.75, 3.05) is 14.1 Å². The van der Waals surface area contributed by atoms with Crippen LogP contribution in [0.25, 0.3) is 0 Å². The number of carbonyl (C=O) groups excluding carboxylic acids is 2. The summed E-state index contributed by atoms with van der Waals surface area (Å²) in [6, 6.07) is 1.16. The van der Waals surface area contributed by atoms with E-state index in [1.165, 1.54) is 11.1 Å². The number of aromatic nitrogens is 1. The van der Waals surface area contributed by atoms with Crippen molar-refractivity contribution in [3.63, 3.8) is 0 Å². The fourth-order valence-electron chi connectivity index (χ4n) is 1.78. The molecule has 0 bridgehead atoms. The van der Waals surface area contributed by atoms with Gasteiger partial charge in [-0.3, -0.25) is 14.6 Å². The summed E-state index contributed by atoms with van der Waals surface area (Å²) >= 11 is 3.27. The lowest BCUT2D eigenvalue weighted by Crippen LogP contribution is -2.46. The number of pyridine rings is 1. The Kier molecular flexibility index (Phi) is 6.13. The third kappa shape index (κ3) is 4.92. The van der Waals surface area contributed by atoms with Crippen LogP contribution in [0.3, 0.4) is 0 Å². The second-order valence-electron chi connectivity index (χ2n) is 5.28. The Balaban J connectivity index is 2.84. The molecule has 1 unspecified atom stereocenters. The normalized spacial score (nSPS) is 12.1. The van der Waals surface area contributed by atoms with Crippen LogP contribution in [0.1, 0.15) is 30.6 Å². The van der Waals surface area contributed by atoms with Crippen molar-refractivity contribution < 1.29 is 9.59 Å². The average Bonchev–Trinajstić information content (AvgIpc) is 2.36. The number of amides is 2. The molecule has 5 nitrogen and oxygen atoms in total. The lowest BCUT2D eigenvalue weighted by molar-refractivity contribution is -0.131. The summed E-state index contributed by atoms with van der Waals surface area (Å²) in [5.41, 5.74) is 0.430. The van der Waals surface area contributed by atoms with Gasteiger partial charge in [0.05, 0.1) is 5.56 Å². The molecule has 0 radical (unpaired) electrons. The maximum Gasteiger partial charge on any atom is 0.253 e. The van der Waals surface area contributed by atoms with Gasteiger partial charge in [-0.15, -0.1) is 0 Å². The maximum atomic E-state index is 12.2. The largest absolute Gasteiger partial charge is 0.347 e. The highest BCUT2D eigenvalue weighted by Gasteiger charge is 2.23. The smallest absolute Gasteiger partial charge is 0.253 e. The molecule has 1 atom stereocenters. The zero-order chi connectivity index (χ0) is 15.3. The minimum Gasteiger partial charge on any atom is -0.347 e. The number of halogens is 1. The minimum atomic E-state index is -0.517. The Morgan fingerprint density at radius 1 is 1.35 bits per heavy atom. The first kappa shape index (κ1) is 16.6. The molecule has 0 fully saturated rings. The van der Waals surface area contributed by atoms with Crippen LogP contribution >= 0.6 is 15.9 Å². The van der Waals surface area contributed by atoms with Gasteiger partial charge in [0.2, 0.25) is 5.91 Å². The Morgan fingerprint density at radius 3 is 2.50 bits per heavy atom. The summed E-state index contributed by atoms with van der Waals surface area (Å²) in [5, 5.41) is 2.78. The molecule has 1 aromatic heterocycles. The van der Waals surface area contributed by atoms with Crippen LogP contribution < -0.4 is 5.32 Å². The van der Waals surface area contributed by atoms with E-state index in [-0.39, 0.29) is 11.8 Å². The fraction of sp³-hybridized carbons (Fsp3) is 0.500. The quantitative estimate of drug-likeness (QED) is 0.891. The van der Waals surface area contributed by atoms with Crippen LogP contribution in [-0.4, -0.2) is 41.8 Å². The van der Waals surface area contributed by atoms with Gasteiger partial charge in [-0.2, -0.15) is 0 Å². The van der Waals surface area contributed by atoms with Crippen LogP contribution in [0.5, 0.6) is 0 Å². The highest BCUT2D eigenvalue weighted by molar-refractivity contribution is 9.10. The number of carbonyl (C=O) groups is 2. The first-order chi connectivity index (χ1) is 9.31. The van der Waals surface area contributed by atoms with Crippen molar-refractivity contribution in [3.05, 3.63) is 28.5 Å². The molecule has 20 heavy (non-hydrogen) atoms. The van der Waals surface area contributed by atoms with Gasteiger partial charge >= 0.3 is 0 Å². The SMILES string of the molecule is CC(C)CC(NC(=O)c1cncc(Br)c1)C(=O)N(C)C. The number of likely N-dealkylation sites (N-methyl/N-ethyl adjacent to an activating group) is 1. The lowest BCUT2D eigenvalue weighted by atomic mass is 10.0. The molecule has 1 heterocycles. The molecule has 0 aliphatic carbocycles. The lowest BCUT2D eigenvalue weighted by Gasteiger charge is -2.23. The summed E-state index contributed by atoms with van der Waals surface area (Å²) in [7, 11) is 3.37. The zero-order valence-electron chi connectivity index (χ0n) is 12.2. The minimum absolute atomic E-state index is 0.102. The van der Waals surface area contributed by atoms with Crippen LogP contribution in [0.15, 0.2) is 22.9 Å². The van der Waals surface area contributed by atoms with Crippen LogP contribution in [0.4, 0.5) is 0 Å². The van der Waals surface area contributed by atoms with Gasteiger partial charge in [0.25, 0.3) is 5.91 Å². The summed E-state index contributed by atoms with van der Waals surface area (Å²) in [5.74, 6) is -0.0838. The topological polar surface area (TPSA) is 62.3 Å². The fourth-order valence-corrected chi connectivity index (χ4v) is 2.15. The van der Waals surface area contributed by atoms with Crippen molar-refractivity contribution in [1.29, 1.82) is 0 Å². The number of nitrogens with zero attached hydrogens (tertiary/aromatic N) is 2. The van der Waals surface area contributed by atoms with E-state index in [0.29, 0.717) is 17.9 Å². The maximum absolute atomic E-state index is 12.2. The monoisotopic (exact) mass is 341 g/mol. The second-order valence-corrected chi connectivity index (χ2v) is 6.20. The highest BCUT2D eigenvalue weighted by Crippen LogP contribution is 2.11. The van der Waals surface area contributed by atoms with E-state index < -0.39 is 6.04 Å². The molecule has 6 heteroatoms. The Labute approximate surface area is 127 Å². The molecule has 0 aliphatic heterocycles. The van der Waals surface area contributed by atoms with Gasteiger partial charge in [0, 0.05) is 31.0 Å². The molecular formula is C14H20BrN3O2. The molecule has 0 saturated carbocycles. The molecular weight excluding hydrogens is 322 g/mol. The molecule has 110 valence electrons. The van der Waals surface area contributed by atoms with Crippen molar-refractivity contribution in [2.24, 2.45) is 5.92 Å². The Bertz CT molecular complexity index is 489. The van der Waals surface area contributed by atoms with Gasteiger partial charge in [-0.1, -0.05) is 13.8 Å². The highest BCUT2D eigenvalue weighted by atomic mass is 79.9. The van der Waals surface area contributed by atoms with Crippen molar-refractivity contribution in [1.82, 2.24) is 15.2 Å². The first-order valence-corrected chi connectivity index (χ1v) is 7.23. The summed E-state index contributed by atoms with van der Waals surface area (Å²) in [6.07, 6.45) is 3.68. The third-order valence-electron chi connectivity index (χ3n) is 2.72.